The number of nitrogens with zero attached hydrogens (tertiary/aromatic N) is 2. The van der Waals surface area contributed by atoms with Crippen LogP contribution in [0.3, 0.4) is 0 Å². The fraction of sp³-hybridized carbons (Fsp3) is 0.444. The fourth-order valence-corrected chi connectivity index (χ4v) is 3.17. The quantitative estimate of drug-likeness (QED) is 0.811. The number of hydrogen-bond acceptors (Lipinski definition) is 4. The zero-order valence-corrected chi connectivity index (χ0v) is 14.7. The van der Waals surface area contributed by atoms with Crippen molar-refractivity contribution in [3.63, 3.8) is 0 Å². The van der Waals surface area contributed by atoms with E-state index in [1.54, 1.807) is 16.2 Å². The average Bonchev–Trinajstić information content (AvgIpc) is 3.29. The lowest BCUT2D eigenvalue weighted by Crippen LogP contribution is -2.27. The summed E-state index contributed by atoms with van der Waals surface area (Å²) in [6, 6.07) is 6.07. The van der Waals surface area contributed by atoms with E-state index in [1.165, 1.54) is 11.1 Å². The first-order chi connectivity index (χ1) is 11.0. The Morgan fingerprint density at radius 1 is 1.39 bits per heavy atom. The fourth-order valence-electron chi connectivity index (χ4n) is 2.47. The summed E-state index contributed by atoms with van der Waals surface area (Å²) in [5, 5.41) is 2.95. The third-order valence-electron chi connectivity index (χ3n) is 4.21. The maximum atomic E-state index is 12.0. The molecular formula is C18H22N2O2S. The molecule has 0 aliphatic heterocycles. The van der Waals surface area contributed by atoms with Gasteiger partial charge < -0.3 is 9.64 Å². The molecule has 1 amide bonds. The van der Waals surface area contributed by atoms with E-state index in [4.69, 9.17) is 4.74 Å². The van der Waals surface area contributed by atoms with Gasteiger partial charge in [0.1, 0.15) is 17.4 Å². The van der Waals surface area contributed by atoms with Gasteiger partial charge in [0.05, 0.1) is 12.2 Å². The van der Waals surface area contributed by atoms with Crippen LogP contribution in [-0.4, -0.2) is 22.8 Å². The lowest BCUT2D eigenvalue weighted by molar-refractivity contribution is -0.131. The van der Waals surface area contributed by atoms with Gasteiger partial charge in [-0.1, -0.05) is 12.1 Å². The van der Waals surface area contributed by atoms with E-state index in [-0.39, 0.29) is 11.8 Å². The van der Waals surface area contributed by atoms with Crippen LogP contribution in [0.25, 0.3) is 0 Å². The van der Waals surface area contributed by atoms with Crippen LogP contribution in [0.2, 0.25) is 0 Å². The van der Waals surface area contributed by atoms with E-state index in [2.05, 4.69) is 24.9 Å². The highest BCUT2D eigenvalue weighted by Crippen LogP contribution is 2.31. The molecule has 0 atom stereocenters. The van der Waals surface area contributed by atoms with E-state index in [0.29, 0.717) is 13.2 Å². The minimum Gasteiger partial charge on any atom is -0.486 e. The largest absolute Gasteiger partial charge is 0.486 e. The van der Waals surface area contributed by atoms with Crippen LogP contribution in [0.15, 0.2) is 23.6 Å². The first kappa shape index (κ1) is 16.0. The van der Waals surface area contributed by atoms with Gasteiger partial charge in [-0.25, -0.2) is 4.98 Å². The van der Waals surface area contributed by atoms with Gasteiger partial charge in [-0.15, -0.1) is 11.3 Å². The van der Waals surface area contributed by atoms with Gasteiger partial charge >= 0.3 is 0 Å². The van der Waals surface area contributed by atoms with Crippen molar-refractivity contribution in [2.24, 2.45) is 5.92 Å². The normalized spacial score (nSPS) is 13.9. The summed E-state index contributed by atoms with van der Waals surface area (Å²) in [4.78, 5) is 18.3. The van der Waals surface area contributed by atoms with Gasteiger partial charge in [-0.05, 0) is 43.9 Å². The molecule has 1 aliphatic carbocycles. The molecule has 1 aromatic heterocycles. The summed E-state index contributed by atoms with van der Waals surface area (Å²) in [5.74, 6) is 1.40. The highest BCUT2D eigenvalue weighted by atomic mass is 32.1. The summed E-state index contributed by atoms with van der Waals surface area (Å²) in [6.45, 7) is 5.19. The summed E-state index contributed by atoms with van der Waals surface area (Å²) in [5.41, 5.74) is 3.33. The Bertz CT molecular complexity index is 707. The molecule has 23 heavy (non-hydrogen) atoms. The molecule has 4 nitrogen and oxygen atoms in total. The van der Waals surface area contributed by atoms with Gasteiger partial charge in [-0.2, -0.15) is 0 Å². The second kappa shape index (κ2) is 6.71. The van der Waals surface area contributed by atoms with Gasteiger partial charge in [0.2, 0.25) is 5.91 Å². The number of thiazole rings is 1. The summed E-state index contributed by atoms with van der Waals surface area (Å²) >= 11 is 1.58. The zero-order valence-electron chi connectivity index (χ0n) is 13.8. The maximum absolute atomic E-state index is 12.0. The third-order valence-corrected chi connectivity index (χ3v) is 5.08. The van der Waals surface area contributed by atoms with E-state index >= 15 is 0 Å². The van der Waals surface area contributed by atoms with E-state index in [9.17, 15) is 4.79 Å². The maximum Gasteiger partial charge on any atom is 0.225 e. The molecule has 0 unspecified atom stereocenters. The minimum atomic E-state index is 0.242. The van der Waals surface area contributed by atoms with Crippen molar-refractivity contribution in [2.45, 2.75) is 39.8 Å². The molecule has 5 heteroatoms. The van der Waals surface area contributed by atoms with Crippen molar-refractivity contribution >= 4 is 17.2 Å². The molecule has 2 aromatic rings. The van der Waals surface area contributed by atoms with Gasteiger partial charge in [0.25, 0.3) is 0 Å². The van der Waals surface area contributed by atoms with Crippen LogP contribution >= 0.6 is 11.3 Å². The molecule has 122 valence electrons. The van der Waals surface area contributed by atoms with Crippen LogP contribution in [-0.2, 0) is 17.9 Å². The highest BCUT2D eigenvalue weighted by molar-refractivity contribution is 7.09. The summed E-state index contributed by atoms with van der Waals surface area (Å²) in [6.07, 6.45) is 2.07. The Kier molecular flexibility index (Phi) is 4.66. The smallest absolute Gasteiger partial charge is 0.225 e. The number of benzene rings is 1. The van der Waals surface area contributed by atoms with Crippen LogP contribution in [0, 0.1) is 19.8 Å². The Morgan fingerprint density at radius 3 is 2.91 bits per heavy atom. The second-order valence-corrected chi connectivity index (χ2v) is 7.13. The van der Waals surface area contributed by atoms with Gasteiger partial charge in [0, 0.05) is 18.3 Å². The number of amides is 1. The molecule has 0 bridgehead atoms. The van der Waals surface area contributed by atoms with Crippen molar-refractivity contribution in [2.75, 3.05) is 7.05 Å². The van der Waals surface area contributed by atoms with Gasteiger partial charge in [0.15, 0.2) is 0 Å². The zero-order chi connectivity index (χ0) is 16.4. The predicted octanol–water partition coefficient (Wildman–Crippen LogP) is 3.71. The molecule has 1 fully saturated rings. The lowest BCUT2D eigenvalue weighted by atomic mass is 10.1. The van der Waals surface area contributed by atoms with E-state index < -0.39 is 0 Å². The van der Waals surface area contributed by atoms with E-state index in [0.717, 1.165) is 29.3 Å². The Balaban J connectivity index is 1.56. The number of carbonyl (C=O) groups is 1. The van der Waals surface area contributed by atoms with Crippen molar-refractivity contribution in [1.82, 2.24) is 9.88 Å². The average molecular weight is 330 g/mol. The second-order valence-electron chi connectivity index (χ2n) is 6.19. The molecular weight excluding hydrogens is 308 g/mol. The first-order valence-corrected chi connectivity index (χ1v) is 8.80. The molecule has 3 rings (SSSR count). The SMILES string of the molecule is Cc1cccc(OCc2nc(CN(C)C(=O)C3CC3)cs2)c1C. The molecule has 1 aliphatic rings. The molecule has 0 spiro atoms. The summed E-state index contributed by atoms with van der Waals surface area (Å²) in [7, 11) is 1.85. The van der Waals surface area contributed by atoms with Gasteiger partial charge in [-0.3, -0.25) is 4.79 Å². The molecule has 1 saturated carbocycles. The van der Waals surface area contributed by atoms with Crippen molar-refractivity contribution < 1.29 is 9.53 Å². The van der Waals surface area contributed by atoms with Crippen LogP contribution in [0.1, 0.15) is 34.7 Å². The number of rotatable bonds is 6. The molecule has 1 aromatic carbocycles. The number of ether oxygens (including phenoxy) is 1. The Hall–Kier alpha value is -1.88. The molecule has 0 saturated heterocycles. The standard InChI is InChI=1S/C18H22N2O2S/c1-12-5-4-6-16(13(12)2)22-10-17-19-15(11-23-17)9-20(3)18(21)14-7-8-14/h4-6,11,14H,7-10H2,1-3H3. The first-order valence-electron chi connectivity index (χ1n) is 7.92. The van der Waals surface area contributed by atoms with Crippen molar-refractivity contribution in [3.8, 4) is 5.75 Å². The Morgan fingerprint density at radius 2 is 2.17 bits per heavy atom. The number of carbonyl (C=O) groups excluding carboxylic acids is 1. The molecule has 1 heterocycles. The van der Waals surface area contributed by atoms with Crippen LogP contribution in [0.4, 0.5) is 0 Å². The summed E-state index contributed by atoms with van der Waals surface area (Å²) < 4.78 is 5.89. The number of aryl methyl sites for hydroxylation is 1. The van der Waals surface area contributed by atoms with Crippen LogP contribution in [0.5, 0.6) is 5.75 Å². The van der Waals surface area contributed by atoms with Crippen molar-refractivity contribution in [3.05, 3.63) is 45.4 Å². The van der Waals surface area contributed by atoms with E-state index in [1.807, 2.05) is 24.6 Å². The monoisotopic (exact) mass is 330 g/mol. The molecule has 0 radical (unpaired) electrons. The molecule has 0 N–H and O–H groups in total. The topological polar surface area (TPSA) is 42.4 Å². The predicted molar refractivity (Wildman–Crippen MR) is 91.6 cm³/mol. The highest BCUT2D eigenvalue weighted by Gasteiger charge is 2.32. The van der Waals surface area contributed by atoms with Crippen molar-refractivity contribution in [1.29, 1.82) is 0 Å². The Labute approximate surface area is 141 Å². The minimum absolute atomic E-state index is 0.242. The lowest BCUT2D eigenvalue weighted by Gasteiger charge is -2.15. The number of hydrogen-bond donors (Lipinski definition) is 0. The van der Waals surface area contributed by atoms with Crippen LogP contribution < -0.4 is 4.74 Å². The third kappa shape index (κ3) is 3.91. The number of aromatic nitrogens is 1.